The van der Waals surface area contributed by atoms with Crippen molar-refractivity contribution in [1.29, 1.82) is 0 Å². The first-order valence-corrected chi connectivity index (χ1v) is 8.15. The van der Waals surface area contributed by atoms with E-state index in [1.807, 2.05) is 17.5 Å². The Hall–Kier alpha value is -0.950. The van der Waals surface area contributed by atoms with E-state index in [1.165, 1.54) is 17.4 Å². The number of benzene rings is 1. The molecule has 0 fully saturated rings. The molecule has 7 heteroatoms. The molecule has 2 rings (SSSR count). The van der Waals surface area contributed by atoms with Crippen molar-refractivity contribution in [3.63, 3.8) is 0 Å². The summed E-state index contributed by atoms with van der Waals surface area (Å²) in [6.45, 7) is 1.71. The molecule has 0 bridgehead atoms. The van der Waals surface area contributed by atoms with Gasteiger partial charge < -0.3 is 0 Å². The lowest BCUT2D eigenvalue weighted by atomic mass is 10.3. The Kier molecular flexibility index (Phi) is 4.25. The van der Waals surface area contributed by atoms with Gasteiger partial charge in [-0.15, -0.1) is 11.3 Å². The average molecular weight is 320 g/mol. The van der Waals surface area contributed by atoms with Crippen LogP contribution in [-0.4, -0.2) is 8.42 Å². The fraction of sp³-hybridized carbons (Fsp3) is 0.167. The molecule has 0 unspecified atom stereocenters. The van der Waals surface area contributed by atoms with Crippen LogP contribution in [0.3, 0.4) is 0 Å². The molecule has 1 aromatic carbocycles. The van der Waals surface area contributed by atoms with Crippen LogP contribution in [0.15, 0.2) is 40.6 Å². The molecule has 0 spiro atoms. The summed E-state index contributed by atoms with van der Waals surface area (Å²) in [7, 11) is -3.91. The van der Waals surface area contributed by atoms with E-state index in [9.17, 15) is 12.8 Å². The number of rotatable bonds is 4. The molecule has 2 aromatic rings. The van der Waals surface area contributed by atoms with E-state index < -0.39 is 26.8 Å². The standard InChI is InChI=1S/C12H11ClFNO2S2/c1-8(11-3-2-6-18-11)15-19(16,17)12-5-4-9(13)7-10(12)14/h2-8,15H,1H3/t8-/m0/s1. The van der Waals surface area contributed by atoms with Gasteiger partial charge in [-0.1, -0.05) is 17.7 Å². The molecule has 1 aromatic heterocycles. The zero-order valence-electron chi connectivity index (χ0n) is 9.93. The van der Waals surface area contributed by atoms with Crippen molar-refractivity contribution in [3.8, 4) is 0 Å². The first kappa shape index (κ1) is 14.5. The third-order valence-electron chi connectivity index (χ3n) is 2.49. The summed E-state index contributed by atoms with van der Waals surface area (Å²) in [4.78, 5) is 0.457. The number of sulfonamides is 1. The minimum Gasteiger partial charge on any atom is -0.207 e. The molecule has 3 nitrogen and oxygen atoms in total. The van der Waals surface area contributed by atoms with Crippen molar-refractivity contribution < 1.29 is 12.8 Å². The quantitative estimate of drug-likeness (QED) is 0.936. The highest BCUT2D eigenvalue weighted by Crippen LogP contribution is 2.23. The van der Waals surface area contributed by atoms with Gasteiger partial charge in [0.25, 0.3) is 0 Å². The highest BCUT2D eigenvalue weighted by atomic mass is 35.5. The highest BCUT2D eigenvalue weighted by Gasteiger charge is 2.22. The summed E-state index contributed by atoms with van der Waals surface area (Å²) in [5.74, 6) is -0.863. The largest absolute Gasteiger partial charge is 0.244 e. The zero-order valence-corrected chi connectivity index (χ0v) is 12.3. The van der Waals surface area contributed by atoms with Gasteiger partial charge in [0.2, 0.25) is 10.0 Å². The van der Waals surface area contributed by atoms with Gasteiger partial charge in [-0.05, 0) is 36.6 Å². The number of halogens is 2. The van der Waals surface area contributed by atoms with E-state index in [4.69, 9.17) is 11.6 Å². The molecule has 1 N–H and O–H groups in total. The normalized spacial score (nSPS) is 13.4. The Morgan fingerprint density at radius 2 is 2.11 bits per heavy atom. The molecule has 102 valence electrons. The summed E-state index contributed by atoms with van der Waals surface area (Å²) in [6.07, 6.45) is 0. The first-order valence-electron chi connectivity index (χ1n) is 5.41. The summed E-state index contributed by atoms with van der Waals surface area (Å²) < 4.78 is 40.2. The summed E-state index contributed by atoms with van der Waals surface area (Å²) in [5.41, 5.74) is 0. The van der Waals surface area contributed by atoms with E-state index in [-0.39, 0.29) is 5.02 Å². The highest BCUT2D eigenvalue weighted by molar-refractivity contribution is 7.89. The van der Waals surface area contributed by atoms with Crippen molar-refractivity contribution >= 4 is 33.0 Å². The molecule has 19 heavy (non-hydrogen) atoms. The van der Waals surface area contributed by atoms with Gasteiger partial charge in [0, 0.05) is 9.90 Å². The van der Waals surface area contributed by atoms with Crippen LogP contribution in [0, 0.1) is 5.82 Å². The van der Waals surface area contributed by atoms with Crippen molar-refractivity contribution in [2.75, 3.05) is 0 Å². The van der Waals surface area contributed by atoms with Crippen molar-refractivity contribution in [2.24, 2.45) is 0 Å². The molecular weight excluding hydrogens is 309 g/mol. The molecule has 0 aliphatic rings. The molecule has 1 heterocycles. The number of nitrogens with one attached hydrogen (secondary N) is 1. The monoisotopic (exact) mass is 319 g/mol. The SMILES string of the molecule is C[C@H](NS(=O)(=O)c1ccc(Cl)cc1F)c1cccs1. The topological polar surface area (TPSA) is 46.2 Å². The van der Waals surface area contributed by atoms with Gasteiger partial charge in [-0.25, -0.2) is 17.5 Å². The molecule has 0 saturated carbocycles. The number of hydrogen-bond acceptors (Lipinski definition) is 3. The molecule has 1 atom stereocenters. The predicted molar refractivity (Wildman–Crippen MR) is 74.5 cm³/mol. The van der Waals surface area contributed by atoms with Gasteiger partial charge in [0.15, 0.2) is 0 Å². The van der Waals surface area contributed by atoms with Crippen molar-refractivity contribution in [2.45, 2.75) is 17.9 Å². The second-order valence-electron chi connectivity index (χ2n) is 3.93. The lowest BCUT2D eigenvalue weighted by molar-refractivity contribution is 0.548. The Morgan fingerprint density at radius 1 is 1.37 bits per heavy atom. The van der Waals surface area contributed by atoms with Crippen LogP contribution >= 0.6 is 22.9 Å². The molecule has 0 aliphatic carbocycles. The van der Waals surface area contributed by atoms with Gasteiger partial charge in [0.1, 0.15) is 10.7 Å². The lowest BCUT2D eigenvalue weighted by Crippen LogP contribution is -2.27. The van der Waals surface area contributed by atoms with Crippen LogP contribution in [0.5, 0.6) is 0 Å². The van der Waals surface area contributed by atoms with Gasteiger partial charge >= 0.3 is 0 Å². The molecule has 0 aliphatic heterocycles. The van der Waals surface area contributed by atoms with Crippen LogP contribution in [0.2, 0.25) is 5.02 Å². The van der Waals surface area contributed by atoms with Crippen LogP contribution in [-0.2, 0) is 10.0 Å². The van der Waals surface area contributed by atoms with Crippen LogP contribution < -0.4 is 4.72 Å². The minimum absolute atomic E-state index is 0.155. The number of hydrogen-bond donors (Lipinski definition) is 1. The fourth-order valence-corrected chi connectivity index (χ4v) is 3.84. The first-order chi connectivity index (χ1) is 8.90. The Bertz CT molecular complexity index is 671. The maximum atomic E-state index is 13.6. The van der Waals surface area contributed by atoms with E-state index >= 15 is 0 Å². The molecule has 0 radical (unpaired) electrons. The summed E-state index contributed by atoms with van der Waals surface area (Å²) in [6, 6.07) is 6.70. The second kappa shape index (κ2) is 5.58. The summed E-state index contributed by atoms with van der Waals surface area (Å²) in [5, 5.41) is 2.01. The van der Waals surface area contributed by atoms with Crippen molar-refractivity contribution in [3.05, 3.63) is 51.4 Å². The average Bonchev–Trinajstić information content (AvgIpc) is 2.80. The molecule has 0 saturated heterocycles. The molecular formula is C12H11ClFNO2S2. The maximum Gasteiger partial charge on any atom is 0.244 e. The number of thiophene rings is 1. The third kappa shape index (κ3) is 3.33. The van der Waals surface area contributed by atoms with Gasteiger partial charge in [-0.2, -0.15) is 0 Å². The zero-order chi connectivity index (χ0) is 14.0. The van der Waals surface area contributed by atoms with E-state index in [2.05, 4.69) is 4.72 Å². The maximum absolute atomic E-state index is 13.6. The third-order valence-corrected chi connectivity index (χ3v) is 5.35. The van der Waals surface area contributed by atoms with E-state index in [0.29, 0.717) is 0 Å². The van der Waals surface area contributed by atoms with Crippen molar-refractivity contribution in [1.82, 2.24) is 4.72 Å². The lowest BCUT2D eigenvalue weighted by Gasteiger charge is -2.13. The Labute approximate surface area is 120 Å². The smallest absolute Gasteiger partial charge is 0.207 e. The minimum atomic E-state index is -3.91. The van der Waals surface area contributed by atoms with Crippen LogP contribution in [0.4, 0.5) is 4.39 Å². The predicted octanol–water partition coefficient (Wildman–Crippen LogP) is 3.58. The van der Waals surface area contributed by atoms with Crippen LogP contribution in [0.25, 0.3) is 0 Å². The summed E-state index contributed by atoms with van der Waals surface area (Å²) >= 11 is 7.03. The van der Waals surface area contributed by atoms with Gasteiger partial charge in [-0.3, -0.25) is 0 Å². The Balaban J connectivity index is 2.28. The van der Waals surface area contributed by atoms with E-state index in [0.717, 1.165) is 17.0 Å². The second-order valence-corrected chi connectivity index (χ2v) is 7.03. The fourth-order valence-electron chi connectivity index (χ4n) is 1.59. The van der Waals surface area contributed by atoms with E-state index in [1.54, 1.807) is 6.92 Å². The Morgan fingerprint density at radius 3 is 2.68 bits per heavy atom. The van der Waals surface area contributed by atoms with Gasteiger partial charge in [0.05, 0.1) is 6.04 Å². The molecule has 0 amide bonds. The van der Waals surface area contributed by atoms with Crippen LogP contribution in [0.1, 0.15) is 17.8 Å².